The van der Waals surface area contributed by atoms with Gasteiger partial charge in [-0.25, -0.2) is 0 Å². The lowest BCUT2D eigenvalue weighted by Gasteiger charge is -2.02. The van der Waals surface area contributed by atoms with E-state index in [0.717, 1.165) is 23.4 Å². The van der Waals surface area contributed by atoms with Crippen LogP contribution in [-0.2, 0) is 18.3 Å². The van der Waals surface area contributed by atoms with Gasteiger partial charge in [0.25, 0.3) is 0 Å². The second-order valence-corrected chi connectivity index (χ2v) is 4.80. The summed E-state index contributed by atoms with van der Waals surface area (Å²) in [6.07, 6.45) is 5.93. The van der Waals surface area contributed by atoms with Crippen molar-refractivity contribution in [3.05, 3.63) is 17.0 Å². The summed E-state index contributed by atoms with van der Waals surface area (Å²) in [5.41, 5.74) is 3.23. The van der Waals surface area contributed by atoms with Crippen molar-refractivity contribution in [3.63, 3.8) is 0 Å². The van der Waals surface area contributed by atoms with Crippen LogP contribution in [0.4, 0.5) is 0 Å². The number of hydrogen-bond donors (Lipinski definition) is 0. The van der Waals surface area contributed by atoms with E-state index in [1.165, 1.54) is 19.3 Å². The largest absolute Gasteiger partial charge is 0.299 e. The highest BCUT2D eigenvalue weighted by Gasteiger charge is 2.12. The summed E-state index contributed by atoms with van der Waals surface area (Å²) < 4.78 is 1.86. The normalized spacial score (nSPS) is 10.8. The van der Waals surface area contributed by atoms with Gasteiger partial charge in [0.15, 0.2) is 0 Å². The van der Waals surface area contributed by atoms with Gasteiger partial charge in [-0.3, -0.25) is 9.48 Å². The third-order valence-electron chi connectivity index (χ3n) is 3.34. The van der Waals surface area contributed by atoms with E-state index >= 15 is 0 Å². The zero-order valence-corrected chi connectivity index (χ0v) is 11.5. The average molecular weight is 236 g/mol. The molecule has 0 N–H and O–H groups in total. The Hall–Kier alpha value is -1.12. The number of carbonyl (C=O) groups is 1. The van der Waals surface area contributed by atoms with Crippen LogP contribution in [0.5, 0.6) is 0 Å². The first kappa shape index (κ1) is 13.9. The maximum absolute atomic E-state index is 11.9. The predicted octanol–water partition coefficient (Wildman–Crippen LogP) is 3.12. The van der Waals surface area contributed by atoms with Crippen molar-refractivity contribution in [2.75, 3.05) is 0 Å². The van der Waals surface area contributed by atoms with Crippen molar-refractivity contribution in [2.45, 2.75) is 59.3 Å². The highest BCUT2D eigenvalue weighted by molar-refractivity contribution is 5.81. The molecule has 0 atom stereocenters. The van der Waals surface area contributed by atoms with Gasteiger partial charge in [-0.15, -0.1) is 0 Å². The highest BCUT2D eigenvalue weighted by atomic mass is 16.1. The lowest BCUT2D eigenvalue weighted by molar-refractivity contribution is -0.118. The summed E-state index contributed by atoms with van der Waals surface area (Å²) in [6.45, 7) is 6.19. The van der Waals surface area contributed by atoms with Crippen molar-refractivity contribution in [3.8, 4) is 0 Å². The van der Waals surface area contributed by atoms with E-state index in [0.29, 0.717) is 18.6 Å². The van der Waals surface area contributed by atoms with Gasteiger partial charge in [-0.1, -0.05) is 26.2 Å². The number of unbranched alkanes of at least 4 members (excludes halogenated alkanes) is 3. The van der Waals surface area contributed by atoms with Gasteiger partial charge in [0.2, 0.25) is 0 Å². The summed E-state index contributed by atoms with van der Waals surface area (Å²) in [6, 6.07) is 0. The second-order valence-electron chi connectivity index (χ2n) is 4.80. The van der Waals surface area contributed by atoms with Gasteiger partial charge in [-0.2, -0.15) is 5.10 Å². The van der Waals surface area contributed by atoms with E-state index < -0.39 is 0 Å². The third kappa shape index (κ3) is 3.99. The predicted molar refractivity (Wildman–Crippen MR) is 70.2 cm³/mol. The molecule has 0 bridgehead atoms. The highest BCUT2D eigenvalue weighted by Crippen LogP contribution is 2.14. The van der Waals surface area contributed by atoms with Crippen LogP contribution in [0.3, 0.4) is 0 Å². The quantitative estimate of drug-likeness (QED) is 0.682. The number of aryl methyl sites for hydroxylation is 2. The van der Waals surface area contributed by atoms with Crippen LogP contribution in [0.15, 0.2) is 0 Å². The minimum Gasteiger partial charge on any atom is -0.299 e. The molecule has 0 unspecified atom stereocenters. The van der Waals surface area contributed by atoms with Gasteiger partial charge in [0.1, 0.15) is 5.78 Å². The molecule has 0 aliphatic rings. The second kappa shape index (κ2) is 6.58. The molecule has 0 saturated carbocycles. The zero-order valence-electron chi connectivity index (χ0n) is 11.5. The molecule has 1 aromatic rings. The fourth-order valence-electron chi connectivity index (χ4n) is 2.11. The molecular weight excluding hydrogens is 212 g/mol. The molecule has 0 aliphatic heterocycles. The van der Waals surface area contributed by atoms with Crippen molar-refractivity contribution in [1.82, 2.24) is 9.78 Å². The Labute approximate surface area is 104 Å². The molecule has 1 aromatic heterocycles. The summed E-state index contributed by atoms with van der Waals surface area (Å²) in [7, 11) is 1.93. The van der Waals surface area contributed by atoms with Crippen LogP contribution in [0, 0.1) is 13.8 Å². The van der Waals surface area contributed by atoms with E-state index in [4.69, 9.17) is 0 Å². The molecule has 1 heterocycles. The monoisotopic (exact) mass is 236 g/mol. The summed E-state index contributed by atoms with van der Waals surface area (Å²) in [5, 5.41) is 4.34. The average Bonchev–Trinajstić information content (AvgIpc) is 2.52. The summed E-state index contributed by atoms with van der Waals surface area (Å²) >= 11 is 0. The van der Waals surface area contributed by atoms with Crippen molar-refractivity contribution in [1.29, 1.82) is 0 Å². The van der Waals surface area contributed by atoms with Gasteiger partial charge < -0.3 is 0 Å². The van der Waals surface area contributed by atoms with Crippen LogP contribution >= 0.6 is 0 Å². The van der Waals surface area contributed by atoms with Crippen LogP contribution in [-0.4, -0.2) is 15.6 Å². The maximum Gasteiger partial charge on any atom is 0.137 e. The van der Waals surface area contributed by atoms with E-state index in [9.17, 15) is 4.79 Å². The van der Waals surface area contributed by atoms with E-state index in [1.807, 2.05) is 25.6 Å². The lowest BCUT2D eigenvalue weighted by Crippen LogP contribution is -2.04. The van der Waals surface area contributed by atoms with E-state index in [2.05, 4.69) is 12.0 Å². The number of rotatable bonds is 7. The molecule has 0 fully saturated rings. The minimum absolute atomic E-state index is 0.348. The molecule has 0 aromatic carbocycles. The smallest absolute Gasteiger partial charge is 0.137 e. The van der Waals surface area contributed by atoms with Gasteiger partial charge in [0, 0.05) is 31.1 Å². The molecule has 0 spiro atoms. The third-order valence-corrected chi connectivity index (χ3v) is 3.34. The fraction of sp³-hybridized carbons (Fsp3) is 0.714. The molecule has 0 amide bonds. The standard InChI is InChI=1S/C14H24N2O/c1-5-6-7-8-9-13(17)10-14-11(2)15-16(4)12(14)3/h5-10H2,1-4H3. The van der Waals surface area contributed by atoms with Crippen LogP contribution in [0.2, 0.25) is 0 Å². The number of aromatic nitrogens is 2. The van der Waals surface area contributed by atoms with E-state index in [1.54, 1.807) is 0 Å². The first-order chi connectivity index (χ1) is 8.06. The van der Waals surface area contributed by atoms with Gasteiger partial charge >= 0.3 is 0 Å². The Balaban J connectivity index is 2.45. The van der Waals surface area contributed by atoms with Gasteiger partial charge in [-0.05, 0) is 20.3 Å². The minimum atomic E-state index is 0.348. The van der Waals surface area contributed by atoms with Gasteiger partial charge in [0.05, 0.1) is 5.69 Å². The number of ketones is 1. The first-order valence-corrected chi connectivity index (χ1v) is 6.57. The Morgan fingerprint density at radius 2 is 1.94 bits per heavy atom. The molecule has 96 valence electrons. The molecule has 0 aliphatic carbocycles. The SMILES string of the molecule is CCCCCCC(=O)Cc1c(C)nn(C)c1C. The lowest BCUT2D eigenvalue weighted by atomic mass is 10.0. The molecule has 3 heteroatoms. The molecule has 3 nitrogen and oxygen atoms in total. The topological polar surface area (TPSA) is 34.9 Å². The molecular formula is C14H24N2O. The van der Waals surface area contributed by atoms with Crippen molar-refractivity contribution in [2.24, 2.45) is 7.05 Å². The number of hydrogen-bond acceptors (Lipinski definition) is 2. The molecule has 0 saturated heterocycles. The Morgan fingerprint density at radius 1 is 1.24 bits per heavy atom. The number of Topliss-reactive ketones (excluding diaryl/α,β-unsaturated/α-hetero) is 1. The van der Waals surface area contributed by atoms with Crippen LogP contribution in [0.25, 0.3) is 0 Å². The van der Waals surface area contributed by atoms with Crippen LogP contribution < -0.4 is 0 Å². The van der Waals surface area contributed by atoms with Crippen molar-refractivity contribution < 1.29 is 4.79 Å². The number of carbonyl (C=O) groups excluding carboxylic acids is 1. The maximum atomic E-state index is 11.9. The molecule has 0 radical (unpaired) electrons. The molecule has 17 heavy (non-hydrogen) atoms. The Morgan fingerprint density at radius 3 is 2.47 bits per heavy atom. The molecule has 1 rings (SSSR count). The Bertz CT molecular complexity index is 380. The summed E-state index contributed by atoms with van der Waals surface area (Å²) in [5.74, 6) is 0.348. The Kier molecular flexibility index (Phi) is 5.39. The zero-order chi connectivity index (χ0) is 12.8. The first-order valence-electron chi connectivity index (χ1n) is 6.57. The van der Waals surface area contributed by atoms with Crippen molar-refractivity contribution >= 4 is 5.78 Å². The van der Waals surface area contributed by atoms with E-state index in [-0.39, 0.29) is 0 Å². The fourth-order valence-corrected chi connectivity index (χ4v) is 2.11. The summed E-state index contributed by atoms with van der Waals surface area (Å²) in [4.78, 5) is 11.9. The van der Waals surface area contributed by atoms with Crippen LogP contribution in [0.1, 0.15) is 56.0 Å². The number of nitrogens with zero attached hydrogens (tertiary/aromatic N) is 2.